The van der Waals surface area contributed by atoms with Crippen LogP contribution in [0, 0.1) is 10.1 Å². The number of pyridine rings is 1. The molecule has 4 rings (SSSR count). The van der Waals surface area contributed by atoms with Gasteiger partial charge in [0, 0.05) is 21.7 Å². The van der Waals surface area contributed by atoms with Crippen LogP contribution in [0.25, 0.3) is 10.9 Å². The van der Waals surface area contributed by atoms with Crippen LogP contribution < -0.4 is 10.1 Å². The largest absolute Gasteiger partial charge is 0.431 e. The second kappa shape index (κ2) is 8.38. The fraction of sp³-hybridized carbons (Fsp3) is 0.0500. The highest BCUT2D eigenvalue weighted by molar-refractivity contribution is 9.10. The summed E-state index contributed by atoms with van der Waals surface area (Å²) in [6, 6.07) is 10.8. The minimum Gasteiger partial charge on any atom is -0.431 e. The van der Waals surface area contributed by atoms with E-state index in [-0.39, 0.29) is 23.1 Å². The molecule has 4 aromatic rings. The number of halogens is 4. The molecule has 1 N–H and O–H groups in total. The Morgan fingerprint density at radius 3 is 2.47 bits per heavy atom. The molecule has 0 bridgehead atoms. The van der Waals surface area contributed by atoms with Crippen LogP contribution in [0.4, 0.5) is 30.4 Å². The van der Waals surface area contributed by atoms with Crippen molar-refractivity contribution in [2.45, 2.75) is 6.18 Å². The third-order valence-electron chi connectivity index (χ3n) is 4.33. The maximum atomic E-state index is 12.8. The lowest BCUT2D eigenvalue weighted by Crippen LogP contribution is -2.06. The molecule has 0 saturated carbocycles. The third kappa shape index (κ3) is 4.30. The molecule has 8 nitrogen and oxygen atoms in total. The van der Waals surface area contributed by atoms with E-state index in [1.165, 1.54) is 0 Å². The first-order valence-corrected chi connectivity index (χ1v) is 9.68. The van der Waals surface area contributed by atoms with Crippen LogP contribution in [0.15, 0.2) is 65.5 Å². The first-order chi connectivity index (χ1) is 15.2. The summed E-state index contributed by atoms with van der Waals surface area (Å²) in [6.07, 6.45) is -1.90. The molecule has 0 aliphatic carbocycles. The summed E-state index contributed by atoms with van der Waals surface area (Å²) in [5, 5.41) is 15.1. The van der Waals surface area contributed by atoms with E-state index >= 15 is 0 Å². The van der Waals surface area contributed by atoms with Gasteiger partial charge in [0.05, 0.1) is 10.5 Å². The number of hydrogen-bond acceptors (Lipinski definition) is 7. The minimum atomic E-state index is -4.50. The predicted molar refractivity (Wildman–Crippen MR) is 113 cm³/mol. The Labute approximate surface area is 186 Å². The smallest absolute Gasteiger partial charge is 0.416 e. The van der Waals surface area contributed by atoms with Gasteiger partial charge in [0.1, 0.15) is 11.8 Å². The molecule has 0 radical (unpaired) electrons. The van der Waals surface area contributed by atoms with Gasteiger partial charge in [-0.15, -0.1) is 0 Å². The van der Waals surface area contributed by atoms with Crippen molar-refractivity contribution in [2.75, 3.05) is 5.32 Å². The van der Waals surface area contributed by atoms with Crippen molar-refractivity contribution in [3.05, 3.63) is 81.2 Å². The lowest BCUT2D eigenvalue weighted by Gasteiger charge is -2.12. The van der Waals surface area contributed by atoms with Gasteiger partial charge in [-0.1, -0.05) is 22.0 Å². The average Bonchev–Trinajstić information content (AvgIpc) is 2.75. The average molecular weight is 506 g/mol. The highest BCUT2D eigenvalue weighted by atomic mass is 79.9. The molecule has 0 aliphatic heterocycles. The number of benzene rings is 2. The first-order valence-electron chi connectivity index (χ1n) is 8.89. The van der Waals surface area contributed by atoms with Crippen LogP contribution >= 0.6 is 15.9 Å². The lowest BCUT2D eigenvalue weighted by molar-refractivity contribution is -0.385. The fourth-order valence-electron chi connectivity index (χ4n) is 2.87. The molecule has 0 fully saturated rings. The normalized spacial score (nSPS) is 11.4. The van der Waals surface area contributed by atoms with Gasteiger partial charge in [-0.3, -0.25) is 15.1 Å². The van der Waals surface area contributed by atoms with Crippen molar-refractivity contribution >= 4 is 44.0 Å². The Morgan fingerprint density at radius 1 is 1.03 bits per heavy atom. The summed E-state index contributed by atoms with van der Waals surface area (Å²) in [5.74, 6) is -0.367. The summed E-state index contributed by atoms with van der Waals surface area (Å²) in [6.45, 7) is 0. The van der Waals surface area contributed by atoms with Crippen LogP contribution in [0.5, 0.6) is 11.6 Å². The number of fused-ring (bicyclic) bond motifs is 1. The molecule has 12 heteroatoms. The molecule has 0 atom stereocenters. The summed E-state index contributed by atoms with van der Waals surface area (Å²) in [7, 11) is 0. The van der Waals surface area contributed by atoms with Crippen LogP contribution in [-0.2, 0) is 6.18 Å². The van der Waals surface area contributed by atoms with Gasteiger partial charge in [-0.25, -0.2) is 4.98 Å². The Kier molecular flexibility index (Phi) is 5.61. The number of alkyl halides is 3. The number of nitrogens with zero attached hydrogens (tertiary/aromatic N) is 4. The van der Waals surface area contributed by atoms with Crippen molar-refractivity contribution < 1.29 is 22.8 Å². The standard InChI is InChI=1S/C20H11BrF3N5O3/c21-14-7-8-15(16-13(14)2-1-9-25-16)32-19-17(29(30)31)18(26-10-27-19)28-12-5-3-11(4-6-12)20(22,23)24/h1-10H,(H,26,27,28). The van der Waals surface area contributed by atoms with Crippen molar-refractivity contribution in [1.29, 1.82) is 0 Å². The van der Waals surface area contributed by atoms with E-state index in [0.717, 1.165) is 40.5 Å². The molecular formula is C20H11BrF3N5O3. The van der Waals surface area contributed by atoms with E-state index < -0.39 is 22.4 Å². The highest BCUT2D eigenvalue weighted by Crippen LogP contribution is 2.39. The monoisotopic (exact) mass is 505 g/mol. The van der Waals surface area contributed by atoms with Crippen molar-refractivity contribution in [3.63, 3.8) is 0 Å². The van der Waals surface area contributed by atoms with Gasteiger partial charge >= 0.3 is 17.7 Å². The van der Waals surface area contributed by atoms with Crippen LogP contribution in [0.3, 0.4) is 0 Å². The van der Waals surface area contributed by atoms with Gasteiger partial charge in [0.2, 0.25) is 5.82 Å². The number of hydrogen-bond donors (Lipinski definition) is 1. The molecule has 2 aromatic heterocycles. The lowest BCUT2D eigenvalue weighted by atomic mass is 10.2. The number of nitrogens with one attached hydrogen (secondary N) is 1. The molecule has 0 spiro atoms. The zero-order valence-electron chi connectivity index (χ0n) is 15.8. The summed E-state index contributed by atoms with van der Waals surface area (Å²) in [5.41, 5.74) is -0.813. The van der Waals surface area contributed by atoms with E-state index in [1.807, 2.05) is 0 Å². The van der Waals surface area contributed by atoms with Crippen molar-refractivity contribution in [3.8, 4) is 11.6 Å². The molecule has 0 aliphatic rings. The summed E-state index contributed by atoms with van der Waals surface area (Å²) in [4.78, 5) is 23.0. The molecule has 162 valence electrons. The van der Waals surface area contributed by atoms with Gasteiger partial charge < -0.3 is 10.1 Å². The second-order valence-corrected chi connectivity index (χ2v) is 7.23. The van der Waals surface area contributed by atoms with Gasteiger partial charge in [0.25, 0.3) is 0 Å². The highest BCUT2D eigenvalue weighted by Gasteiger charge is 2.30. The fourth-order valence-corrected chi connectivity index (χ4v) is 3.32. The first kappa shape index (κ1) is 21.4. The Hall–Kier alpha value is -3.80. The van der Waals surface area contributed by atoms with E-state index in [0.29, 0.717) is 5.52 Å². The summed E-state index contributed by atoms with van der Waals surface area (Å²) < 4.78 is 44.7. The van der Waals surface area contributed by atoms with Gasteiger partial charge in [0.15, 0.2) is 5.75 Å². The van der Waals surface area contributed by atoms with Crippen LogP contribution in [0.1, 0.15) is 5.56 Å². The summed E-state index contributed by atoms with van der Waals surface area (Å²) >= 11 is 3.41. The van der Waals surface area contributed by atoms with Crippen LogP contribution in [-0.4, -0.2) is 19.9 Å². The van der Waals surface area contributed by atoms with E-state index in [4.69, 9.17) is 4.74 Å². The minimum absolute atomic E-state index is 0.168. The second-order valence-electron chi connectivity index (χ2n) is 6.38. The molecule has 2 aromatic carbocycles. The zero-order chi connectivity index (χ0) is 22.9. The number of anilines is 2. The molecule has 0 amide bonds. The van der Waals surface area contributed by atoms with E-state index in [1.54, 1.807) is 30.5 Å². The van der Waals surface area contributed by atoms with Gasteiger partial charge in [-0.05, 0) is 42.5 Å². The van der Waals surface area contributed by atoms with Gasteiger partial charge in [-0.2, -0.15) is 18.2 Å². The Balaban J connectivity index is 1.71. The number of rotatable bonds is 5. The predicted octanol–water partition coefficient (Wildman–Crippen LogP) is 6.25. The molecule has 0 saturated heterocycles. The third-order valence-corrected chi connectivity index (χ3v) is 5.02. The van der Waals surface area contributed by atoms with E-state index in [9.17, 15) is 23.3 Å². The van der Waals surface area contributed by atoms with Crippen molar-refractivity contribution in [1.82, 2.24) is 15.0 Å². The Morgan fingerprint density at radius 2 is 1.78 bits per heavy atom. The zero-order valence-corrected chi connectivity index (χ0v) is 17.4. The number of ether oxygens (including phenoxy) is 1. The molecular weight excluding hydrogens is 495 g/mol. The molecule has 2 heterocycles. The maximum absolute atomic E-state index is 12.8. The SMILES string of the molecule is O=[N+]([O-])c1c(Nc2ccc(C(F)(F)F)cc2)ncnc1Oc1ccc(Br)c2cccnc12. The number of nitro groups is 1. The van der Waals surface area contributed by atoms with E-state index in [2.05, 4.69) is 36.2 Å². The maximum Gasteiger partial charge on any atom is 0.416 e. The van der Waals surface area contributed by atoms with Crippen LogP contribution in [0.2, 0.25) is 0 Å². The quantitative estimate of drug-likeness (QED) is 0.252. The topological polar surface area (TPSA) is 103 Å². The Bertz CT molecular complexity index is 1320. The molecule has 0 unspecified atom stereocenters. The van der Waals surface area contributed by atoms with Crippen molar-refractivity contribution in [2.24, 2.45) is 0 Å². The molecule has 32 heavy (non-hydrogen) atoms. The number of aromatic nitrogens is 3.